The molecule has 0 aliphatic rings. The topological polar surface area (TPSA) is 89.2 Å². The van der Waals surface area contributed by atoms with Crippen molar-refractivity contribution < 1.29 is 14.3 Å². The summed E-state index contributed by atoms with van der Waals surface area (Å²) in [6, 6.07) is 5.00. The van der Waals surface area contributed by atoms with Crippen molar-refractivity contribution in [2.24, 2.45) is 10.8 Å². The predicted octanol–water partition coefficient (Wildman–Crippen LogP) is 0.923. The number of thiocarbonyl (C=S) groups is 1. The molecular formula is C12H16N4O3S. The Balaban J connectivity index is 2.87. The largest absolute Gasteiger partial charge is 0.493 e. The first-order valence-electron chi connectivity index (χ1n) is 5.59. The van der Waals surface area contributed by atoms with E-state index < -0.39 is 6.09 Å². The molecule has 108 valence electrons. The Morgan fingerprint density at radius 3 is 2.70 bits per heavy atom. The van der Waals surface area contributed by atoms with Crippen LogP contribution in [0, 0.1) is 0 Å². The molecular weight excluding hydrogens is 280 g/mol. The van der Waals surface area contributed by atoms with Crippen LogP contribution in [0.4, 0.5) is 4.79 Å². The van der Waals surface area contributed by atoms with Crippen LogP contribution in [0.3, 0.4) is 0 Å². The number of amides is 1. The molecule has 0 saturated heterocycles. The zero-order valence-electron chi connectivity index (χ0n) is 11.4. The van der Waals surface area contributed by atoms with Crippen molar-refractivity contribution >= 4 is 29.6 Å². The number of nitrogens with one attached hydrogen (secondary N) is 1. The molecule has 0 heterocycles. The predicted molar refractivity (Wildman–Crippen MR) is 80.2 cm³/mol. The maximum atomic E-state index is 11.5. The van der Waals surface area contributed by atoms with Gasteiger partial charge in [-0.3, -0.25) is 5.43 Å². The summed E-state index contributed by atoms with van der Waals surface area (Å²) in [7, 11) is 4.67. The molecule has 0 aliphatic carbocycles. The molecule has 1 rings (SSSR count). The van der Waals surface area contributed by atoms with Gasteiger partial charge in [0.05, 0.1) is 13.3 Å². The van der Waals surface area contributed by atoms with Crippen molar-refractivity contribution in [1.29, 1.82) is 0 Å². The molecule has 3 N–H and O–H groups in total. The monoisotopic (exact) mass is 296 g/mol. The van der Waals surface area contributed by atoms with Crippen molar-refractivity contribution in [2.45, 2.75) is 0 Å². The van der Waals surface area contributed by atoms with Crippen molar-refractivity contribution in [2.75, 3.05) is 21.2 Å². The fraction of sp³-hybridized carbons (Fsp3) is 0.250. The van der Waals surface area contributed by atoms with Gasteiger partial charge in [-0.25, -0.2) is 4.79 Å². The molecule has 7 nitrogen and oxygen atoms in total. The number of nitrogens with two attached hydrogens (primary N) is 1. The van der Waals surface area contributed by atoms with E-state index in [1.54, 1.807) is 32.3 Å². The molecule has 0 aliphatic heterocycles. The highest BCUT2D eigenvalue weighted by Gasteiger charge is 2.11. The van der Waals surface area contributed by atoms with Crippen LogP contribution in [-0.4, -0.2) is 43.5 Å². The standard InChI is InChI=1S/C12H16N4O3S/c1-16(2)12(17)19-9-5-4-8(6-10(9)18-3)7-14-15-11(13)20/h4-7H,1-3H3,(H3,13,15,20)/b14-7-. The Hall–Kier alpha value is -2.35. The SMILES string of the molecule is COc1cc(/C=N\NC(N)=S)ccc1OC(=O)N(C)C. The second-order valence-electron chi connectivity index (χ2n) is 3.91. The van der Waals surface area contributed by atoms with Gasteiger partial charge in [0.25, 0.3) is 0 Å². The lowest BCUT2D eigenvalue weighted by Gasteiger charge is -2.13. The van der Waals surface area contributed by atoms with Crippen LogP contribution < -0.4 is 20.6 Å². The van der Waals surface area contributed by atoms with Crippen LogP contribution in [0.25, 0.3) is 0 Å². The second-order valence-corrected chi connectivity index (χ2v) is 4.35. The van der Waals surface area contributed by atoms with Gasteiger partial charge in [0.1, 0.15) is 0 Å². The van der Waals surface area contributed by atoms with E-state index in [0.717, 1.165) is 5.56 Å². The molecule has 1 aromatic rings. The fourth-order valence-electron chi connectivity index (χ4n) is 1.20. The molecule has 1 aromatic carbocycles. The Morgan fingerprint density at radius 2 is 2.15 bits per heavy atom. The van der Waals surface area contributed by atoms with Crippen molar-refractivity contribution in [1.82, 2.24) is 10.3 Å². The zero-order valence-corrected chi connectivity index (χ0v) is 12.2. The van der Waals surface area contributed by atoms with Gasteiger partial charge < -0.3 is 20.1 Å². The second kappa shape index (κ2) is 7.29. The number of rotatable bonds is 4. The van der Waals surface area contributed by atoms with Gasteiger partial charge >= 0.3 is 6.09 Å². The molecule has 0 atom stereocenters. The Morgan fingerprint density at radius 1 is 1.45 bits per heavy atom. The van der Waals surface area contributed by atoms with Gasteiger partial charge in [0.15, 0.2) is 16.6 Å². The van der Waals surface area contributed by atoms with E-state index in [4.69, 9.17) is 15.2 Å². The van der Waals surface area contributed by atoms with Crippen molar-refractivity contribution in [3.63, 3.8) is 0 Å². The summed E-state index contributed by atoms with van der Waals surface area (Å²) < 4.78 is 10.3. The van der Waals surface area contributed by atoms with E-state index in [1.807, 2.05) is 0 Å². The third kappa shape index (κ3) is 4.73. The molecule has 8 heteroatoms. The number of carbonyl (C=O) groups excluding carboxylic acids is 1. The highest BCUT2D eigenvalue weighted by atomic mass is 32.1. The number of methoxy groups -OCH3 is 1. The first kappa shape index (κ1) is 15.7. The summed E-state index contributed by atoms with van der Waals surface area (Å²) in [4.78, 5) is 12.8. The number of hydrogen-bond donors (Lipinski definition) is 2. The molecule has 0 unspecified atom stereocenters. The Kier molecular flexibility index (Phi) is 5.73. The average molecular weight is 296 g/mol. The summed E-state index contributed by atoms with van der Waals surface area (Å²) in [6.07, 6.45) is 1.03. The zero-order chi connectivity index (χ0) is 15.1. The summed E-state index contributed by atoms with van der Waals surface area (Å²) in [5.74, 6) is 0.741. The van der Waals surface area contributed by atoms with E-state index in [-0.39, 0.29) is 5.11 Å². The van der Waals surface area contributed by atoms with Gasteiger partial charge in [-0.2, -0.15) is 5.10 Å². The number of carbonyl (C=O) groups is 1. The maximum absolute atomic E-state index is 11.5. The third-order valence-corrected chi connectivity index (χ3v) is 2.23. The van der Waals surface area contributed by atoms with E-state index in [9.17, 15) is 4.79 Å². The molecule has 0 spiro atoms. The number of hydrogen-bond acceptors (Lipinski definition) is 5. The third-order valence-electron chi connectivity index (χ3n) is 2.14. The van der Waals surface area contributed by atoms with Crippen LogP contribution >= 0.6 is 12.2 Å². The Labute approximate surface area is 122 Å². The fourth-order valence-corrected chi connectivity index (χ4v) is 1.26. The van der Waals surface area contributed by atoms with Gasteiger partial charge in [0, 0.05) is 14.1 Å². The lowest BCUT2D eigenvalue weighted by Crippen LogP contribution is -2.25. The van der Waals surface area contributed by atoms with E-state index in [1.165, 1.54) is 18.2 Å². The van der Waals surface area contributed by atoms with Crippen LogP contribution in [0.15, 0.2) is 23.3 Å². The van der Waals surface area contributed by atoms with E-state index in [2.05, 4.69) is 22.7 Å². The van der Waals surface area contributed by atoms with Crippen LogP contribution in [0.5, 0.6) is 11.5 Å². The van der Waals surface area contributed by atoms with Crippen molar-refractivity contribution in [3.05, 3.63) is 23.8 Å². The first-order valence-corrected chi connectivity index (χ1v) is 6.00. The van der Waals surface area contributed by atoms with E-state index >= 15 is 0 Å². The molecule has 0 bridgehead atoms. The smallest absolute Gasteiger partial charge is 0.414 e. The number of nitrogens with zero attached hydrogens (tertiary/aromatic N) is 2. The number of ether oxygens (including phenoxy) is 2. The highest BCUT2D eigenvalue weighted by molar-refractivity contribution is 7.80. The lowest BCUT2D eigenvalue weighted by molar-refractivity contribution is 0.170. The lowest BCUT2D eigenvalue weighted by atomic mass is 10.2. The summed E-state index contributed by atoms with van der Waals surface area (Å²) in [5.41, 5.74) is 8.41. The van der Waals surface area contributed by atoms with Gasteiger partial charge in [-0.1, -0.05) is 0 Å². The molecule has 20 heavy (non-hydrogen) atoms. The van der Waals surface area contributed by atoms with Gasteiger partial charge in [-0.05, 0) is 36.0 Å². The summed E-state index contributed by atoms with van der Waals surface area (Å²) in [5, 5.41) is 3.90. The van der Waals surface area contributed by atoms with E-state index in [0.29, 0.717) is 11.5 Å². The highest BCUT2D eigenvalue weighted by Crippen LogP contribution is 2.27. The Bertz CT molecular complexity index is 531. The molecule has 1 amide bonds. The van der Waals surface area contributed by atoms with Crippen molar-refractivity contribution in [3.8, 4) is 11.5 Å². The number of hydrazone groups is 1. The average Bonchev–Trinajstić information content (AvgIpc) is 2.39. The molecule has 0 aromatic heterocycles. The molecule has 0 radical (unpaired) electrons. The molecule has 0 fully saturated rings. The van der Waals surface area contributed by atoms with Gasteiger partial charge in [0.2, 0.25) is 0 Å². The summed E-state index contributed by atoms with van der Waals surface area (Å²) in [6.45, 7) is 0. The minimum atomic E-state index is -0.486. The summed E-state index contributed by atoms with van der Waals surface area (Å²) >= 11 is 4.62. The van der Waals surface area contributed by atoms with Gasteiger partial charge in [-0.15, -0.1) is 0 Å². The normalized spacial score (nSPS) is 10.2. The van der Waals surface area contributed by atoms with Crippen LogP contribution in [-0.2, 0) is 0 Å². The number of benzene rings is 1. The minimum Gasteiger partial charge on any atom is -0.493 e. The van der Waals surface area contributed by atoms with Crippen LogP contribution in [0.1, 0.15) is 5.56 Å². The molecule has 0 saturated carbocycles. The minimum absolute atomic E-state index is 0.0738. The first-order chi connectivity index (χ1) is 9.43. The quantitative estimate of drug-likeness (QED) is 0.488. The van der Waals surface area contributed by atoms with Crippen LogP contribution in [0.2, 0.25) is 0 Å². The maximum Gasteiger partial charge on any atom is 0.414 e.